The minimum Gasteiger partial charge on any atom is -0.303 e. The van der Waals surface area contributed by atoms with E-state index in [4.69, 9.17) is 0 Å². The highest BCUT2D eigenvalue weighted by molar-refractivity contribution is 6.14. The Morgan fingerprint density at radius 2 is 1.61 bits per heavy atom. The normalized spacial score (nSPS) is 15.0. The van der Waals surface area contributed by atoms with Gasteiger partial charge in [-0.3, -0.25) is 19.6 Å². The first kappa shape index (κ1) is 20.4. The highest BCUT2D eigenvalue weighted by Crippen LogP contribution is 2.18. The van der Waals surface area contributed by atoms with Gasteiger partial charge in [-0.25, -0.2) is 9.48 Å². The summed E-state index contributed by atoms with van der Waals surface area (Å²) in [5, 5.41) is 5.80. The van der Waals surface area contributed by atoms with Crippen LogP contribution in [0.5, 0.6) is 0 Å². The predicted molar refractivity (Wildman–Crippen MR) is 119 cm³/mol. The molecule has 1 saturated heterocycles. The van der Waals surface area contributed by atoms with E-state index in [9.17, 15) is 14.4 Å². The molecule has 1 aliphatic rings. The van der Waals surface area contributed by atoms with Crippen LogP contribution >= 0.6 is 0 Å². The van der Waals surface area contributed by atoms with E-state index >= 15 is 0 Å². The third-order valence-electron chi connectivity index (χ3n) is 5.23. The number of nitrogens with one attached hydrogen (secondary N) is 2. The molecule has 3 aromatic rings. The number of nitrogens with zero attached hydrogens (tertiary/aromatic N) is 2. The lowest BCUT2D eigenvalue weighted by Gasteiger charge is -2.09. The minimum atomic E-state index is -0.451. The van der Waals surface area contributed by atoms with Crippen molar-refractivity contribution in [3.8, 4) is 5.69 Å². The number of carbonyl (C=O) groups is 2. The first-order valence-corrected chi connectivity index (χ1v) is 10.4. The molecule has 2 aromatic carbocycles. The van der Waals surface area contributed by atoms with Crippen molar-refractivity contribution >= 4 is 18.0 Å². The second-order valence-corrected chi connectivity index (χ2v) is 7.44. The second-order valence-electron chi connectivity index (χ2n) is 7.44. The Hall–Kier alpha value is -3.87. The Balaban J connectivity index is 1.76. The summed E-state index contributed by atoms with van der Waals surface area (Å²) < 4.78 is 1.46. The summed E-state index contributed by atoms with van der Waals surface area (Å²) in [6.45, 7) is 2.35. The molecule has 7 heteroatoms. The number of amides is 3. The van der Waals surface area contributed by atoms with Gasteiger partial charge < -0.3 is 5.32 Å². The molecule has 2 heterocycles. The van der Waals surface area contributed by atoms with Crippen molar-refractivity contribution in [1.82, 2.24) is 20.0 Å². The van der Waals surface area contributed by atoms with Crippen LogP contribution in [0, 0.1) is 0 Å². The molecule has 2 N–H and O–H groups in total. The van der Waals surface area contributed by atoms with E-state index in [0.717, 1.165) is 18.4 Å². The van der Waals surface area contributed by atoms with Crippen molar-refractivity contribution in [2.24, 2.45) is 0 Å². The molecule has 0 aliphatic carbocycles. The van der Waals surface area contributed by atoms with Gasteiger partial charge in [0.2, 0.25) is 0 Å². The van der Waals surface area contributed by atoms with Crippen LogP contribution in [0.3, 0.4) is 0 Å². The zero-order chi connectivity index (χ0) is 21.8. The second kappa shape index (κ2) is 8.87. The van der Waals surface area contributed by atoms with Gasteiger partial charge >= 0.3 is 6.03 Å². The van der Waals surface area contributed by atoms with Crippen LogP contribution < -0.4 is 10.9 Å². The molecule has 0 bridgehead atoms. The van der Waals surface area contributed by atoms with Gasteiger partial charge in [0.05, 0.1) is 11.3 Å². The topological polar surface area (TPSA) is 87.2 Å². The molecule has 0 saturated carbocycles. The summed E-state index contributed by atoms with van der Waals surface area (Å²) in [7, 11) is 0. The lowest BCUT2D eigenvalue weighted by atomic mass is 10.1. The fourth-order valence-corrected chi connectivity index (χ4v) is 3.57. The number of unbranched alkanes of at least 4 members (excludes halogenated alkanes) is 1. The molecule has 0 unspecified atom stereocenters. The number of benzene rings is 2. The molecular formula is C24H24N4O3. The largest absolute Gasteiger partial charge is 0.329 e. The van der Waals surface area contributed by atoms with E-state index in [1.807, 2.05) is 67.6 Å². The van der Waals surface area contributed by atoms with Crippen molar-refractivity contribution in [1.29, 1.82) is 0 Å². The zero-order valence-corrected chi connectivity index (χ0v) is 17.3. The minimum absolute atomic E-state index is 0.117. The van der Waals surface area contributed by atoms with Crippen LogP contribution in [0.4, 0.5) is 4.79 Å². The Labute approximate surface area is 180 Å². The smallest absolute Gasteiger partial charge is 0.303 e. The van der Waals surface area contributed by atoms with Crippen molar-refractivity contribution in [3.63, 3.8) is 0 Å². The Bertz CT molecular complexity index is 1180. The third-order valence-corrected chi connectivity index (χ3v) is 5.23. The SMILES string of the molecule is CCCCN1C(=O)NC(=Cc2c(Cc3ccccc3)[nH]n(-c3ccccc3)c2=O)C1=O. The summed E-state index contributed by atoms with van der Waals surface area (Å²) in [5.41, 5.74) is 2.58. The fraction of sp³-hybridized carbons (Fsp3) is 0.208. The van der Waals surface area contributed by atoms with Crippen LogP contribution in [0.1, 0.15) is 36.6 Å². The first-order chi connectivity index (χ1) is 15.1. The summed E-state index contributed by atoms with van der Waals surface area (Å²) in [5.74, 6) is -0.407. The highest BCUT2D eigenvalue weighted by atomic mass is 16.2. The van der Waals surface area contributed by atoms with Crippen molar-refractivity contribution in [2.75, 3.05) is 6.54 Å². The number of H-pyrrole nitrogens is 1. The molecule has 1 aliphatic heterocycles. The van der Waals surface area contributed by atoms with Gasteiger partial charge in [0, 0.05) is 18.7 Å². The molecule has 0 spiro atoms. The molecule has 3 amide bonds. The average Bonchev–Trinajstić information content (AvgIpc) is 3.24. The number of hydrogen-bond acceptors (Lipinski definition) is 3. The van der Waals surface area contributed by atoms with Crippen LogP contribution in [0.15, 0.2) is 71.2 Å². The first-order valence-electron chi connectivity index (χ1n) is 10.4. The molecule has 31 heavy (non-hydrogen) atoms. The number of hydrogen-bond donors (Lipinski definition) is 2. The van der Waals surface area contributed by atoms with Crippen LogP contribution in [-0.2, 0) is 11.2 Å². The van der Waals surface area contributed by atoms with Gasteiger partial charge in [0.1, 0.15) is 5.70 Å². The lowest BCUT2D eigenvalue weighted by molar-refractivity contribution is -0.122. The van der Waals surface area contributed by atoms with Crippen molar-refractivity contribution < 1.29 is 9.59 Å². The van der Waals surface area contributed by atoms with Gasteiger partial charge in [0.15, 0.2) is 0 Å². The van der Waals surface area contributed by atoms with E-state index in [-0.39, 0.29) is 11.3 Å². The molecule has 158 valence electrons. The van der Waals surface area contributed by atoms with E-state index in [1.165, 1.54) is 15.7 Å². The predicted octanol–water partition coefficient (Wildman–Crippen LogP) is 3.45. The monoisotopic (exact) mass is 416 g/mol. The number of imide groups is 1. The molecule has 4 rings (SSSR count). The Kier molecular flexibility index (Phi) is 5.84. The quantitative estimate of drug-likeness (QED) is 0.457. The molecule has 7 nitrogen and oxygen atoms in total. The van der Waals surface area contributed by atoms with E-state index in [0.29, 0.717) is 29.9 Å². The van der Waals surface area contributed by atoms with Gasteiger partial charge in [-0.15, -0.1) is 0 Å². The zero-order valence-electron chi connectivity index (χ0n) is 17.3. The molecule has 1 fully saturated rings. The number of aromatic nitrogens is 2. The Morgan fingerprint density at radius 3 is 2.29 bits per heavy atom. The van der Waals surface area contributed by atoms with Gasteiger partial charge in [0.25, 0.3) is 11.5 Å². The average molecular weight is 416 g/mol. The molecule has 0 radical (unpaired) electrons. The van der Waals surface area contributed by atoms with Crippen molar-refractivity contribution in [3.05, 3.63) is 93.5 Å². The maximum absolute atomic E-state index is 13.3. The maximum atomic E-state index is 13.3. The summed E-state index contributed by atoms with van der Waals surface area (Å²) in [4.78, 5) is 39.4. The maximum Gasteiger partial charge on any atom is 0.329 e. The Morgan fingerprint density at radius 1 is 0.935 bits per heavy atom. The number of rotatable bonds is 7. The number of urea groups is 1. The van der Waals surface area contributed by atoms with E-state index in [1.54, 1.807) is 0 Å². The molecule has 1 aromatic heterocycles. The standard InChI is InChI=1S/C24H24N4O3/c1-2-3-14-27-23(30)21(25-24(27)31)16-19-20(15-17-10-6-4-7-11-17)26-28(22(19)29)18-12-8-5-9-13-18/h4-13,16,26H,2-3,14-15H2,1H3,(H,25,31). The van der Waals surface area contributed by atoms with E-state index < -0.39 is 11.9 Å². The molecule has 0 atom stereocenters. The van der Waals surface area contributed by atoms with Crippen LogP contribution in [0.2, 0.25) is 0 Å². The van der Waals surface area contributed by atoms with Crippen LogP contribution in [-0.4, -0.2) is 33.2 Å². The van der Waals surface area contributed by atoms with Gasteiger partial charge in [-0.2, -0.15) is 0 Å². The lowest BCUT2D eigenvalue weighted by Crippen LogP contribution is -2.31. The van der Waals surface area contributed by atoms with Crippen molar-refractivity contribution in [2.45, 2.75) is 26.2 Å². The fourth-order valence-electron chi connectivity index (χ4n) is 3.57. The van der Waals surface area contributed by atoms with Gasteiger partial charge in [-0.1, -0.05) is 61.9 Å². The summed E-state index contributed by atoms with van der Waals surface area (Å²) >= 11 is 0. The highest BCUT2D eigenvalue weighted by Gasteiger charge is 2.33. The van der Waals surface area contributed by atoms with Crippen LogP contribution in [0.25, 0.3) is 11.8 Å². The van der Waals surface area contributed by atoms with Gasteiger partial charge in [-0.05, 0) is 30.2 Å². The molecular weight excluding hydrogens is 392 g/mol. The summed E-state index contributed by atoms with van der Waals surface area (Å²) in [6, 6.07) is 18.5. The third kappa shape index (κ3) is 4.21. The number of para-hydroxylation sites is 1. The summed E-state index contributed by atoms with van der Waals surface area (Å²) in [6.07, 6.45) is 3.58. The van der Waals surface area contributed by atoms with E-state index in [2.05, 4.69) is 10.4 Å². The number of carbonyl (C=O) groups excluding carboxylic acids is 2. The number of aromatic amines is 1.